The van der Waals surface area contributed by atoms with Crippen molar-refractivity contribution in [1.29, 1.82) is 5.26 Å². The van der Waals surface area contributed by atoms with Gasteiger partial charge in [0.25, 0.3) is 5.69 Å². The maximum Gasteiger partial charge on any atom is 0.295 e. The molecule has 1 N–H and O–H groups in total. The standard InChI is InChI=1S/C12H6BrFN4O2/c13-8-1-2-9(18(19)20)12(11(8)14)17-10-5-7(6-15)3-4-16-10/h1-5H,(H,16,17). The quantitative estimate of drug-likeness (QED) is 0.683. The number of halogens is 2. The molecule has 1 aromatic heterocycles. The number of rotatable bonds is 3. The molecule has 0 aliphatic heterocycles. The molecule has 1 aromatic carbocycles. The third-order valence-electron chi connectivity index (χ3n) is 2.41. The average Bonchev–Trinajstić information content (AvgIpc) is 2.44. The number of hydrogen-bond donors (Lipinski definition) is 1. The first-order valence-corrected chi connectivity index (χ1v) is 6.08. The number of pyridine rings is 1. The van der Waals surface area contributed by atoms with E-state index in [0.717, 1.165) is 0 Å². The second-order valence-electron chi connectivity index (χ2n) is 3.68. The maximum absolute atomic E-state index is 14.0. The average molecular weight is 337 g/mol. The lowest BCUT2D eigenvalue weighted by Gasteiger charge is -2.08. The van der Waals surface area contributed by atoms with E-state index in [2.05, 4.69) is 26.2 Å². The van der Waals surface area contributed by atoms with E-state index in [-0.39, 0.29) is 16.0 Å². The van der Waals surface area contributed by atoms with Crippen molar-refractivity contribution in [3.63, 3.8) is 0 Å². The summed E-state index contributed by atoms with van der Waals surface area (Å²) in [6, 6.07) is 7.15. The lowest BCUT2D eigenvalue weighted by atomic mass is 10.2. The van der Waals surface area contributed by atoms with E-state index in [9.17, 15) is 14.5 Å². The summed E-state index contributed by atoms with van der Waals surface area (Å²) >= 11 is 2.96. The van der Waals surface area contributed by atoms with Gasteiger partial charge < -0.3 is 5.32 Å². The molecule has 1 heterocycles. The van der Waals surface area contributed by atoms with Gasteiger partial charge >= 0.3 is 0 Å². The molecule has 0 radical (unpaired) electrons. The molecule has 0 atom stereocenters. The zero-order valence-corrected chi connectivity index (χ0v) is 11.4. The van der Waals surface area contributed by atoms with E-state index in [1.54, 1.807) is 0 Å². The second-order valence-corrected chi connectivity index (χ2v) is 4.53. The highest BCUT2D eigenvalue weighted by Gasteiger charge is 2.21. The van der Waals surface area contributed by atoms with Crippen LogP contribution in [-0.4, -0.2) is 9.91 Å². The summed E-state index contributed by atoms with van der Waals surface area (Å²) in [6.07, 6.45) is 1.35. The molecule has 0 unspecified atom stereocenters. The zero-order valence-electron chi connectivity index (χ0n) is 9.80. The van der Waals surface area contributed by atoms with Crippen LogP contribution in [0.5, 0.6) is 0 Å². The number of nitro groups is 1. The van der Waals surface area contributed by atoms with E-state index in [1.165, 1.54) is 30.5 Å². The van der Waals surface area contributed by atoms with Crippen LogP contribution in [0.3, 0.4) is 0 Å². The van der Waals surface area contributed by atoms with Crippen molar-refractivity contribution >= 4 is 33.1 Å². The Kier molecular flexibility index (Phi) is 3.91. The van der Waals surface area contributed by atoms with Crippen molar-refractivity contribution in [1.82, 2.24) is 4.98 Å². The molecule has 2 aromatic rings. The van der Waals surface area contributed by atoms with Crippen LogP contribution < -0.4 is 5.32 Å². The van der Waals surface area contributed by atoms with Gasteiger partial charge in [0.1, 0.15) is 5.82 Å². The third kappa shape index (κ3) is 2.73. The minimum atomic E-state index is -0.802. The highest BCUT2D eigenvalue weighted by molar-refractivity contribution is 9.10. The van der Waals surface area contributed by atoms with Gasteiger partial charge in [0.2, 0.25) is 0 Å². The largest absolute Gasteiger partial charge is 0.332 e. The Labute approximate surface area is 121 Å². The Hall–Kier alpha value is -2.53. The monoisotopic (exact) mass is 336 g/mol. The lowest BCUT2D eigenvalue weighted by Crippen LogP contribution is -2.02. The Morgan fingerprint density at radius 2 is 2.20 bits per heavy atom. The molecule has 8 heteroatoms. The van der Waals surface area contributed by atoms with Crippen molar-refractivity contribution in [3.05, 3.63) is 56.4 Å². The first kappa shape index (κ1) is 13.9. The molecule has 0 saturated heterocycles. The van der Waals surface area contributed by atoms with Crippen LogP contribution >= 0.6 is 15.9 Å². The second kappa shape index (κ2) is 5.63. The first-order chi connectivity index (χ1) is 9.52. The minimum Gasteiger partial charge on any atom is -0.332 e. The predicted molar refractivity (Wildman–Crippen MR) is 73.0 cm³/mol. The maximum atomic E-state index is 14.0. The summed E-state index contributed by atoms with van der Waals surface area (Å²) < 4.78 is 14.1. The van der Waals surface area contributed by atoms with Gasteiger partial charge in [-0.3, -0.25) is 10.1 Å². The van der Waals surface area contributed by atoms with Gasteiger partial charge in [-0.15, -0.1) is 0 Å². The predicted octanol–water partition coefficient (Wildman–Crippen LogP) is 3.51. The smallest absolute Gasteiger partial charge is 0.295 e. The Morgan fingerprint density at radius 3 is 2.85 bits per heavy atom. The fourth-order valence-electron chi connectivity index (χ4n) is 1.51. The van der Waals surface area contributed by atoms with Crippen molar-refractivity contribution in [2.45, 2.75) is 0 Å². The third-order valence-corrected chi connectivity index (χ3v) is 3.02. The van der Waals surface area contributed by atoms with Crippen molar-refractivity contribution < 1.29 is 9.31 Å². The molecule has 0 bridgehead atoms. The molecule has 0 aliphatic carbocycles. The fraction of sp³-hybridized carbons (Fsp3) is 0. The first-order valence-electron chi connectivity index (χ1n) is 5.28. The number of nitrogens with one attached hydrogen (secondary N) is 1. The molecule has 6 nitrogen and oxygen atoms in total. The Bertz CT molecular complexity index is 730. The van der Waals surface area contributed by atoms with Gasteiger partial charge in [-0.05, 0) is 34.1 Å². The Morgan fingerprint density at radius 1 is 1.45 bits per heavy atom. The highest BCUT2D eigenvalue weighted by atomic mass is 79.9. The summed E-state index contributed by atoms with van der Waals surface area (Å²) in [5, 5.41) is 22.2. The highest BCUT2D eigenvalue weighted by Crippen LogP contribution is 2.34. The van der Waals surface area contributed by atoms with E-state index >= 15 is 0 Å². The molecule has 0 spiro atoms. The normalized spacial score (nSPS) is 9.85. The molecule has 100 valence electrons. The van der Waals surface area contributed by atoms with Gasteiger partial charge in [0.15, 0.2) is 11.5 Å². The van der Waals surface area contributed by atoms with Crippen LogP contribution in [0, 0.1) is 27.3 Å². The van der Waals surface area contributed by atoms with E-state index in [4.69, 9.17) is 5.26 Å². The number of benzene rings is 1. The number of nitriles is 1. The van der Waals surface area contributed by atoms with E-state index in [0.29, 0.717) is 5.56 Å². The fourth-order valence-corrected chi connectivity index (χ4v) is 1.84. The molecule has 0 saturated carbocycles. The number of aromatic nitrogens is 1. The van der Waals surface area contributed by atoms with Crippen LogP contribution in [-0.2, 0) is 0 Å². The number of nitrogens with zero attached hydrogens (tertiary/aromatic N) is 3. The molecule has 0 amide bonds. The zero-order chi connectivity index (χ0) is 14.7. The van der Waals surface area contributed by atoms with Crippen LogP contribution in [0.15, 0.2) is 34.9 Å². The summed E-state index contributed by atoms with van der Waals surface area (Å²) in [4.78, 5) is 14.1. The summed E-state index contributed by atoms with van der Waals surface area (Å²) in [5.74, 6) is -0.660. The van der Waals surface area contributed by atoms with E-state index in [1.807, 2.05) is 6.07 Å². The van der Waals surface area contributed by atoms with Crippen LogP contribution in [0.1, 0.15) is 5.56 Å². The summed E-state index contributed by atoms with van der Waals surface area (Å²) in [7, 11) is 0. The van der Waals surface area contributed by atoms with E-state index < -0.39 is 16.4 Å². The van der Waals surface area contributed by atoms with Gasteiger partial charge in [-0.2, -0.15) is 5.26 Å². The topological polar surface area (TPSA) is 91.8 Å². The summed E-state index contributed by atoms with van der Waals surface area (Å²) in [5.41, 5.74) is -0.428. The van der Waals surface area contributed by atoms with Gasteiger partial charge in [-0.1, -0.05) is 0 Å². The molecule has 0 fully saturated rings. The van der Waals surface area contributed by atoms with Crippen LogP contribution in [0.2, 0.25) is 0 Å². The SMILES string of the molecule is N#Cc1ccnc(Nc2c([N+](=O)[O-])ccc(Br)c2F)c1. The number of anilines is 2. The molecular formula is C12H6BrFN4O2. The van der Waals surface area contributed by atoms with Crippen molar-refractivity contribution in [2.75, 3.05) is 5.32 Å². The van der Waals surface area contributed by atoms with Crippen LogP contribution in [0.25, 0.3) is 0 Å². The van der Waals surface area contributed by atoms with Crippen LogP contribution in [0.4, 0.5) is 21.6 Å². The number of hydrogen-bond acceptors (Lipinski definition) is 5. The molecule has 20 heavy (non-hydrogen) atoms. The number of nitro benzene ring substituents is 1. The summed E-state index contributed by atoms with van der Waals surface area (Å²) in [6.45, 7) is 0. The van der Waals surface area contributed by atoms with Gasteiger partial charge in [-0.25, -0.2) is 9.37 Å². The minimum absolute atomic E-state index is 0.0852. The molecule has 0 aliphatic rings. The van der Waals surface area contributed by atoms with Gasteiger partial charge in [0.05, 0.1) is 21.0 Å². The molecular weight excluding hydrogens is 331 g/mol. The Balaban J connectivity index is 2.49. The van der Waals surface area contributed by atoms with Crippen molar-refractivity contribution in [3.8, 4) is 6.07 Å². The lowest BCUT2D eigenvalue weighted by molar-refractivity contribution is -0.384. The van der Waals surface area contributed by atoms with Gasteiger partial charge in [0, 0.05) is 12.3 Å². The molecule has 2 rings (SSSR count). The van der Waals surface area contributed by atoms with Crippen molar-refractivity contribution in [2.24, 2.45) is 0 Å².